The molecule has 1 atom stereocenters. The Labute approximate surface area is 104 Å². The number of aromatic nitrogens is 2. The lowest BCUT2D eigenvalue weighted by Crippen LogP contribution is -2.49. The lowest BCUT2D eigenvalue weighted by Gasteiger charge is -2.31. The molecular weight excluding hydrogens is 214 g/mol. The first-order chi connectivity index (χ1) is 7.95. The molecule has 0 aliphatic rings. The van der Waals surface area contributed by atoms with Crippen LogP contribution < -0.4 is 5.32 Å². The highest BCUT2D eigenvalue weighted by molar-refractivity contribution is 4.99. The van der Waals surface area contributed by atoms with Gasteiger partial charge in [-0.25, -0.2) is 0 Å². The molecule has 1 unspecified atom stereocenters. The second-order valence-corrected chi connectivity index (χ2v) is 5.40. The van der Waals surface area contributed by atoms with Crippen LogP contribution >= 0.6 is 0 Å². The average Bonchev–Trinajstić information content (AvgIpc) is 2.63. The highest BCUT2D eigenvalue weighted by Crippen LogP contribution is 2.13. The third-order valence-electron chi connectivity index (χ3n) is 2.86. The number of nitrogens with one attached hydrogen (secondary N) is 1. The fraction of sp³-hybridized carbons (Fsp3) is 0.769. The zero-order valence-electron chi connectivity index (χ0n) is 11.4. The van der Waals surface area contributed by atoms with Crippen molar-refractivity contribution in [3.63, 3.8) is 0 Å². The van der Waals surface area contributed by atoms with Crippen LogP contribution in [-0.4, -0.2) is 33.1 Å². The van der Waals surface area contributed by atoms with Crippen molar-refractivity contribution in [3.8, 4) is 0 Å². The molecule has 0 amide bonds. The van der Waals surface area contributed by atoms with Gasteiger partial charge in [-0.15, -0.1) is 0 Å². The number of hydrogen-bond acceptors (Lipinski definition) is 3. The molecule has 0 spiro atoms. The van der Waals surface area contributed by atoms with Gasteiger partial charge in [-0.2, -0.15) is 5.10 Å². The zero-order chi connectivity index (χ0) is 12.9. The van der Waals surface area contributed by atoms with Crippen LogP contribution in [0.25, 0.3) is 0 Å². The minimum atomic E-state index is -0.184. The Kier molecular flexibility index (Phi) is 5.15. The zero-order valence-corrected chi connectivity index (χ0v) is 11.4. The molecule has 1 heterocycles. The number of hydrogen-bond donors (Lipinski definition) is 2. The van der Waals surface area contributed by atoms with Crippen LogP contribution in [0.3, 0.4) is 0 Å². The first-order valence-corrected chi connectivity index (χ1v) is 6.33. The molecule has 0 saturated heterocycles. The summed E-state index contributed by atoms with van der Waals surface area (Å²) in [7, 11) is 0. The van der Waals surface area contributed by atoms with Crippen molar-refractivity contribution in [1.82, 2.24) is 15.1 Å². The molecule has 4 heteroatoms. The lowest BCUT2D eigenvalue weighted by molar-refractivity contribution is 0.153. The number of aliphatic hydroxyl groups is 1. The van der Waals surface area contributed by atoms with E-state index in [0.29, 0.717) is 6.04 Å². The molecule has 0 aliphatic carbocycles. The summed E-state index contributed by atoms with van der Waals surface area (Å²) >= 11 is 0. The number of rotatable bonds is 7. The van der Waals surface area contributed by atoms with E-state index < -0.39 is 0 Å². The summed E-state index contributed by atoms with van der Waals surface area (Å²) < 4.78 is 1.96. The summed E-state index contributed by atoms with van der Waals surface area (Å²) in [6.07, 6.45) is 5.88. The van der Waals surface area contributed by atoms with Gasteiger partial charge >= 0.3 is 0 Å². The van der Waals surface area contributed by atoms with Gasteiger partial charge in [-0.05, 0) is 32.3 Å². The van der Waals surface area contributed by atoms with Gasteiger partial charge in [0.05, 0.1) is 12.8 Å². The fourth-order valence-corrected chi connectivity index (χ4v) is 2.11. The Hall–Kier alpha value is -0.870. The molecule has 1 aromatic rings. The Morgan fingerprint density at radius 2 is 2.24 bits per heavy atom. The third-order valence-corrected chi connectivity index (χ3v) is 2.86. The van der Waals surface area contributed by atoms with Gasteiger partial charge in [0.1, 0.15) is 0 Å². The standard InChI is InChI=1S/C13H25N3O/c1-11(2)15-13(4,10-17)6-5-7-16-9-12(3)8-14-16/h8-9,11,15,17H,5-7,10H2,1-4H3. The van der Waals surface area contributed by atoms with Crippen molar-refractivity contribution >= 4 is 0 Å². The van der Waals surface area contributed by atoms with E-state index in [-0.39, 0.29) is 12.1 Å². The predicted molar refractivity (Wildman–Crippen MR) is 70.0 cm³/mol. The van der Waals surface area contributed by atoms with Crippen molar-refractivity contribution in [1.29, 1.82) is 0 Å². The molecule has 0 saturated carbocycles. The molecule has 4 nitrogen and oxygen atoms in total. The maximum absolute atomic E-state index is 9.45. The Morgan fingerprint density at radius 1 is 1.53 bits per heavy atom. The monoisotopic (exact) mass is 239 g/mol. The van der Waals surface area contributed by atoms with E-state index in [0.717, 1.165) is 19.4 Å². The third kappa shape index (κ3) is 4.88. The van der Waals surface area contributed by atoms with Crippen LogP contribution in [0.2, 0.25) is 0 Å². The number of nitrogens with zero attached hydrogens (tertiary/aromatic N) is 2. The molecule has 1 rings (SSSR count). The van der Waals surface area contributed by atoms with Gasteiger partial charge in [0.25, 0.3) is 0 Å². The molecule has 0 bridgehead atoms. The van der Waals surface area contributed by atoms with Gasteiger partial charge in [-0.3, -0.25) is 4.68 Å². The average molecular weight is 239 g/mol. The molecule has 0 radical (unpaired) electrons. The maximum atomic E-state index is 9.45. The quantitative estimate of drug-likeness (QED) is 0.761. The summed E-state index contributed by atoms with van der Waals surface area (Å²) in [5.41, 5.74) is 1.01. The van der Waals surface area contributed by atoms with Crippen molar-refractivity contribution in [2.24, 2.45) is 0 Å². The summed E-state index contributed by atoms with van der Waals surface area (Å²) in [5, 5.41) is 17.1. The highest BCUT2D eigenvalue weighted by atomic mass is 16.3. The van der Waals surface area contributed by atoms with Crippen LogP contribution in [0.1, 0.15) is 39.2 Å². The smallest absolute Gasteiger partial charge is 0.0610 e. The molecule has 2 N–H and O–H groups in total. The summed E-state index contributed by atoms with van der Waals surface area (Å²) in [6, 6.07) is 0.388. The van der Waals surface area contributed by atoms with Crippen LogP contribution in [0.15, 0.2) is 12.4 Å². The summed E-state index contributed by atoms with van der Waals surface area (Å²) in [5.74, 6) is 0. The molecule has 98 valence electrons. The lowest BCUT2D eigenvalue weighted by atomic mass is 9.96. The first-order valence-electron chi connectivity index (χ1n) is 6.33. The topological polar surface area (TPSA) is 50.1 Å². The van der Waals surface area contributed by atoms with Crippen molar-refractivity contribution in [2.45, 2.75) is 58.7 Å². The van der Waals surface area contributed by atoms with Gasteiger partial charge < -0.3 is 10.4 Å². The van der Waals surface area contributed by atoms with Gasteiger partial charge in [0, 0.05) is 24.3 Å². The summed E-state index contributed by atoms with van der Waals surface area (Å²) in [4.78, 5) is 0. The normalized spacial score (nSPS) is 15.2. The first kappa shape index (κ1) is 14.2. The molecule has 0 aliphatic heterocycles. The number of aliphatic hydroxyl groups excluding tert-OH is 1. The highest BCUT2D eigenvalue weighted by Gasteiger charge is 2.23. The molecular formula is C13H25N3O. The van der Waals surface area contributed by atoms with Crippen LogP contribution in [0, 0.1) is 6.92 Å². The molecule has 0 fully saturated rings. The van der Waals surface area contributed by atoms with E-state index in [4.69, 9.17) is 0 Å². The Bertz CT molecular complexity index is 335. The van der Waals surface area contributed by atoms with Crippen LogP contribution in [-0.2, 0) is 6.54 Å². The van der Waals surface area contributed by atoms with E-state index in [9.17, 15) is 5.11 Å². The van der Waals surface area contributed by atoms with E-state index in [1.807, 2.05) is 24.0 Å². The maximum Gasteiger partial charge on any atom is 0.0610 e. The molecule has 1 aromatic heterocycles. The van der Waals surface area contributed by atoms with E-state index in [1.54, 1.807) is 0 Å². The number of aryl methyl sites for hydroxylation is 2. The predicted octanol–water partition coefficient (Wildman–Crippen LogP) is 1.72. The largest absolute Gasteiger partial charge is 0.394 e. The van der Waals surface area contributed by atoms with Gasteiger partial charge in [0.2, 0.25) is 0 Å². The second kappa shape index (κ2) is 6.17. The van der Waals surface area contributed by atoms with Crippen LogP contribution in [0.4, 0.5) is 0 Å². The molecule has 17 heavy (non-hydrogen) atoms. The van der Waals surface area contributed by atoms with Crippen LogP contribution in [0.5, 0.6) is 0 Å². The van der Waals surface area contributed by atoms with E-state index in [2.05, 4.69) is 31.2 Å². The van der Waals surface area contributed by atoms with Crippen molar-refractivity contribution < 1.29 is 5.11 Å². The molecule has 0 aromatic carbocycles. The van der Waals surface area contributed by atoms with Crippen molar-refractivity contribution in [3.05, 3.63) is 18.0 Å². The van der Waals surface area contributed by atoms with E-state index in [1.165, 1.54) is 5.56 Å². The Balaban J connectivity index is 2.37. The Morgan fingerprint density at radius 3 is 2.71 bits per heavy atom. The van der Waals surface area contributed by atoms with Crippen molar-refractivity contribution in [2.75, 3.05) is 6.61 Å². The second-order valence-electron chi connectivity index (χ2n) is 5.40. The SMILES string of the molecule is Cc1cnn(CCCC(C)(CO)NC(C)C)c1. The minimum Gasteiger partial charge on any atom is -0.394 e. The minimum absolute atomic E-state index is 0.170. The van der Waals surface area contributed by atoms with E-state index >= 15 is 0 Å². The summed E-state index contributed by atoms with van der Waals surface area (Å²) in [6.45, 7) is 9.39. The fourth-order valence-electron chi connectivity index (χ4n) is 2.11. The van der Waals surface area contributed by atoms with Gasteiger partial charge in [0.15, 0.2) is 0 Å². The van der Waals surface area contributed by atoms with Gasteiger partial charge in [-0.1, -0.05) is 13.8 Å².